The molecule has 0 aliphatic heterocycles. The molecular weight excluding hydrogens is 432 g/mol. The van der Waals surface area contributed by atoms with Gasteiger partial charge in [-0.15, -0.1) is 0 Å². The topological polar surface area (TPSA) is 34.6 Å². The van der Waals surface area contributed by atoms with Crippen LogP contribution in [0.4, 0.5) is 0 Å². The van der Waals surface area contributed by atoms with E-state index >= 15 is 0 Å². The summed E-state index contributed by atoms with van der Waals surface area (Å²) in [5.74, 6) is -0.299. The number of hydrogen-bond acceptors (Lipinski definition) is 2. The number of esters is 1. The number of fused-ring (bicyclic) bond motifs is 6. The Bertz CT molecular complexity index is 1900. The number of nitrogens with zero attached hydrogens (tertiary/aromatic N) is 2. The van der Waals surface area contributed by atoms with Crippen LogP contribution in [-0.4, -0.2) is 17.0 Å². The maximum atomic E-state index is 13.6. The van der Waals surface area contributed by atoms with Crippen molar-refractivity contribution < 1.29 is 14.1 Å². The first-order chi connectivity index (χ1) is 17.3. The third-order valence-electron chi connectivity index (χ3n) is 7.04. The quantitative estimate of drug-likeness (QED) is 0.224. The van der Waals surface area contributed by atoms with Gasteiger partial charge in [-0.2, -0.15) is 4.40 Å². The first-order valence-electron chi connectivity index (χ1n) is 12.0. The second-order valence-electron chi connectivity index (χ2n) is 8.97. The molecule has 7 aromatic rings. The van der Waals surface area contributed by atoms with E-state index in [1.165, 1.54) is 16.3 Å². The molecule has 2 heterocycles. The fourth-order valence-electron chi connectivity index (χ4n) is 5.65. The lowest BCUT2D eigenvalue weighted by Crippen LogP contribution is -2.34. The van der Waals surface area contributed by atoms with E-state index in [0.29, 0.717) is 18.8 Å². The van der Waals surface area contributed by atoms with Crippen LogP contribution in [0.15, 0.2) is 97.1 Å². The van der Waals surface area contributed by atoms with Crippen LogP contribution in [0.2, 0.25) is 0 Å². The Morgan fingerprint density at radius 1 is 0.800 bits per heavy atom. The number of aromatic nitrogens is 2. The maximum Gasteiger partial charge on any atom is 0.379 e. The zero-order valence-electron chi connectivity index (χ0n) is 19.4. The van der Waals surface area contributed by atoms with Gasteiger partial charge in [0.15, 0.2) is 11.0 Å². The van der Waals surface area contributed by atoms with E-state index in [1.807, 2.05) is 19.1 Å². The van der Waals surface area contributed by atoms with E-state index in [4.69, 9.17) is 4.74 Å². The van der Waals surface area contributed by atoms with Crippen LogP contribution in [0.1, 0.15) is 23.0 Å². The number of hydrogen-bond donors (Lipinski definition) is 0. The van der Waals surface area contributed by atoms with Gasteiger partial charge in [0.1, 0.15) is 6.54 Å². The van der Waals surface area contributed by atoms with Crippen LogP contribution in [-0.2, 0) is 11.3 Å². The van der Waals surface area contributed by atoms with Crippen molar-refractivity contribution in [3.63, 3.8) is 0 Å². The van der Waals surface area contributed by atoms with Crippen molar-refractivity contribution in [3.05, 3.63) is 108 Å². The fourth-order valence-corrected chi connectivity index (χ4v) is 5.65. The number of para-hydroxylation sites is 2. The molecular formula is C31H23N2O2+. The van der Waals surface area contributed by atoms with Crippen LogP contribution in [0.3, 0.4) is 0 Å². The fraction of sp³-hybridized carbons (Fsp3) is 0.0968. The number of benzene rings is 4. The number of imidazole rings is 1. The summed E-state index contributed by atoms with van der Waals surface area (Å²) in [4.78, 5) is 13.6. The molecule has 0 unspecified atom stereocenters. The molecule has 0 amide bonds. The molecule has 0 fully saturated rings. The van der Waals surface area contributed by atoms with Gasteiger partial charge in [-0.05, 0) is 46.2 Å². The van der Waals surface area contributed by atoms with E-state index in [2.05, 4.69) is 93.9 Å². The zero-order valence-corrected chi connectivity index (χ0v) is 19.4. The Balaban J connectivity index is 1.72. The van der Waals surface area contributed by atoms with Crippen molar-refractivity contribution in [1.82, 2.24) is 4.40 Å². The predicted octanol–water partition coefficient (Wildman–Crippen LogP) is 6.50. The van der Waals surface area contributed by atoms with Gasteiger partial charge >= 0.3 is 5.97 Å². The minimum absolute atomic E-state index is 0.299. The highest BCUT2D eigenvalue weighted by atomic mass is 16.5. The number of ether oxygens (including phenoxy) is 1. The zero-order chi connectivity index (χ0) is 23.5. The van der Waals surface area contributed by atoms with Crippen LogP contribution < -0.4 is 4.57 Å². The monoisotopic (exact) mass is 455 g/mol. The van der Waals surface area contributed by atoms with Gasteiger partial charge in [0, 0.05) is 16.8 Å². The molecule has 7 rings (SSSR count). The summed E-state index contributed by atoms with van der Waals surface area (Å²) in [5.41, 5.74) is 4.84. The molecule has 168 valence electrons. The smallest absolute Gasteiger partial charge is 0.379 e. The molecule has 0 bridgehead atoms. The SMILES string of the molecule is CCOC(=O)c1c2c(cc3n1c1ccccc1[n+]3Cc1ccccc1)c1cccc3cccc2c31. The molecule has 0 N–H and O–H groups in total. The first kappa shape index (κ1) is 20.0. The maximum absolute atomic E-state index is 13.6. The van der Waals surface area contributed by atoms with E-state index in [1.54, 1.807) is 0 Å². The van der Waals surface area contributed by atoms with Crippen LogP contribution in [0.25, 0.3) is 49.0 Å². The van der Waals surface area contributed by atoms with Crippen LogP contribution >= 0.6 is 0 Å². The third kappa shape index (κ3) is 2.80. The van der Waals surface area contributed by atoms with E-state index < -0.39 is 0 Å². The third-order valence-corrected chi connectivity index (χ3v) is 7.04. The van der Waals surface area contributed by atoms with Crippen molar-refractivity contribution in [3.8, 4) is 0 Å². The molecule has 0 radical (unpaired) electrons. The van der Waals surface area contributed by atoms with E-state index in [0.717, 1.165) is 38.2 Å². The summed E-state index contributed by atoms with van der Waals surface area (Å²) in [6.45, 7) is 2.89. The summed E-state index contributed by atoms with van der Waals surface area (Å²) in [6, 6.07) is 33.7. The first-order valence-corrected chi connectivity index (χ1v) is 12.0. The highest BCUT2D eigenvalue weighted by Crippen LogP contribution is 2.41. The molecule has 0 aliphatic carbocycles. The molecule has 2 aromatic heterocycles. The summed E-state index contributed by atoms with van der Waals surface area (Å²) < 4.78 is 10.1. The lowest BCUT2D eigenvalue weighted by Gasteiger charge is -2.05. The van der Waals surface area contributed by atoms with Gasteiger partial charge < -0.3 is 4.74 Å². The van der Waals surface area contributed by atoms with Crippen LogP contribution in [0, 0.1) is 0 Å². The Kier molecular flexibility index (Phi) is 4.30. The van der Waals surface area contributed by atoms with E-state index in [9.17, 15) is 4.79 Å². The summed E-state index contributed by atoms with van der Waals surface area (Å²) in [6.07, 6.45) is 0. The highest BCUT2D eigenvalue weighted by Gasteiger charge is 2.31. The largest absolute Gasteiger partial charge is 0.460 e. The standard InChI is InChI=1S/C31H23N2O2/c1-2-35-31(34)30-29-23-15-9-13-21-12-8-14-22(28(21)23)24(29)18-27-32(19-20-10-4-3-5-11-20)25-16-6-7-17-26(25)33(27)30/h3-18H,2,19H2,1H3/q+1. The average Bonchev–Trinajstić information content (AvgIpc) is 3.38. The second kappa shape index (κ2) is 7.54. The summed E-state index contributed by atoms with van der Waals surface area (Å²) in [7, 11) is 0. The minimum Gasteiger partial charge on any atom is -0.460 e. The van der Waals surface area contributed by atoms with Gasteiger partial charge in [-0.3, -0.25) is 0 Å². The molecule has 0 saturated heterocycles. The Hall–Kier alpha value is -4.44. The van der Waals surface area contributed by atoms with Gasteiger partial charge in [0.25, 0.3) is 5.65 Å². The minimum atomic E-state index is -0.299. The molecule has 35 heavy (non-hydrogen) atoms. The Morgan fingerprint density at radius 3 is 2.34 bits per heavy atom. The molecule has 5 aromatic carbocycles. The number of carbonyl (C=O) groups excluding carboxylic acids is 1. The molecule has 4 heteroatoms. The molecule has 4 nitrogen and oxygen atoms in total. The van der Waals surface area contributed by atoms with Crippen molar-refractivity contribution in [1.29, 1.82) is 0 Å². The van der Waals surface area contributed by atoms with Crippen molar-refractivity contribution >= 4 is 55.0 Å². The van der Waals surface area contributed by atoms with Gasteiger partial charge in [0.05, 0.1) is 6.61 Å². The second-order valence-corrected chi connectivity index (χ2v) is 8.97. The van der Waals surface area contributed by atoms with Crippen molar-refractivity contribution in [2.24, 2.45) is 0 Å². The number of rotatable bonds is 4. The lowest BCUT2D eigenvalue weighted by atomic mass is 10.1. The van der Waals surface area contributed by atoms with E-state index in [-0.39, 0.29) is 5.97 Å². The van der Waals surface area contributed by atoms with Crippen molar-refractivity contribution in [2.75, 3.05) is 6.61 Å². The predicted molar refractivity (Wildman–Crippen MR) is 140 cm³/mol. The highest BCUT2D eigenvalue weighted by molar-refractivity contribution is 6.33. The van der Waals surface area contributed by atoms with Gasteiger partial charge in [-0.25, -0.2) is 9.36 Å². The number of carbonyl (C=O) groups is 1. The van der Waals surface area contributed by atoms with Crippen LogP contribution in [0.5, 0.6) is 0 Å². The average molecular weight is 456 g/mol. The molecule has 0 spiro atoms. The van der Waals surface area contributed by atoms with Gasteiger partial charge in [0.2, 0.25) is 5.69 Å². The summed E-state index contributed by atoms with van der Waals surface area (Å²) in [5, 5.41) is 6.66. The van der Waals surface area contributed by atoms with Crippen molar-refractivity contribution in [2.45, 2.75) is 13.5 Å². The molecule has 0 atom stereocenters. The normalized spacial score (nSPS) is 11.9. The Morgan fingerprint density at radius 2 is 1.54 bits per heavy atom. The van der Waals surface area contributed by atoms with Gasteiger partial charge in [-0.1, -0.05) is 78.9 Å². The number of pyridine rings is 1. The lowest BCUT2D eigenvalue weighted by molar-refractivity contribution is -0.636. The summed E-state index contributed by atoms with van der Waals surface area (Å²) >= 11 is 0. The molecule has 0 aliphatic rings. The molecule has 0 saturated carbocycles. The Labute approximate surface area is 201 Å².